The van der Waals surface area contributed by atoms with Crippen LogP contribution in [0.3, 0.4) is 0 Å². The summed E-state index contributed by atoms with van der Waals surface area (Å²) >= 11 is 1.05. The zero-order valence-electron chi connectivity index (χ0n) is 33.5. The van der Waals surface area contributed by atoms with E-state index in [1.807, 2.05) is 6.07 Å². The number of aromatic nitrogens is 7. The number of thiazole rings is 1. The van der Waals surface area contributed by atoms with Gasteiger partial charge in [0.25, 0.3) is 0 Å². The molecule has 65 heavy (non-hydrogen) atoms. The number of nitrogens with two attached hydrogens (primary N) is 2. The third kappa shape index (κ3) is 11.2. The number of rotatable bonds is 18. The van der Waals surface area contributed by atoms with E-state index in [1.54, 1.807) is 18.2 Å². The first-order valence-corrected chi connectivity index (χ1v) is 23.0. The van der Waals surface area contributed by atoms with Crippen LogP contribution in [-0.2, 0) is 48.3 Å². The second-order valence-corrected chi connectivity index (χ2v) is 17.9. The van der Waals surface area contributed by atoms with Gasteiger partial charge in [-0.1, -0.05) is 18.2 Å². The number of nitrogens with one attached hydrogen (secondary N) is 1. The van der Waals surface area contributed by atoms with Crippen molar-refractivity contribution in [3.8, 4) is 16.5 Å². The number of benzene rings is 1. The summed E-state index contributed by atoms with van der Waals surface area (Å²) in [6.07, 6.45) is -5.23. The molecule has 3 unspecified atom stereocenters. The minimum absolute atomic E-state index is 0.00538. The number of imidazole rings is 1. The Kier molecular flexibility index (Phi) is 14.3. The number of amides is 1. The Balaban J connectivity index is 1.15. The predicted molar refractivity (Wildman–Crippen MR) is 222 cm³/mol. The van der Waals surface area contributed by atoms with E-state index in [1.165, 1.54) is 35.3 Å². The molecule has 0 bridgehead atoms. The average Bonchev–Trinajstić information content (AvgIpc) is 4.05. The van der Waals surface area contributed by atoms with Gasteiger partial charge in [-0.3, -0.25) is 27.5 Å². The number of aliphatic hydroxyl groups is 1. The Hall–Kier alpha value is -5.85. The van der Waals surface area contributed by atoms with Crippen LogP contribution in [0.5, 0.6) is 0 Å². The van der Waals surface area contributed by atoms with Gasteiger partial charge < -0.3 is 50.8 Å². The number of hydrogen-bond donors (Lipinski definition) is 7. The maximum absolute atomic E-state index is 14.2. The summed E-state index contributed by atoms with van der Waals surface area (Å²) in [6, 6.07) is 9.49. The Morgan fingerprint density at radius 1 is 1.05 bits per heavy atom. The smallest absolute Gasteiger partial charge is 0.452 e. The van der Waals surface area contributed by atoms with Crippen LogP contribution in [0, 0.1) is 11.3 Å². The normalized spacial score (nSPS) is 22.9. The third-order valence-electron chi connectivity index (χ3n) is 9.79. The monoisotopic (exact) mass is 959 g/mol. The molecule has 8 atom stereocenters. The maximum atomic E-state index is 14.2. The number of esters is 1. The van der Waals surface area contributed by atoms with Crippen LogP contribution in [0.25, 0.3) is 21.6 Å². The number of ether oxygens (including phenoxy) is 3. The van der Waals surface area contributed by atoms with Crippen molar-refractivity contribution < 1.29 is 66.3 Å². The standard InChI is InChI=1S/C36H39N11O15P2S/c1-2-3-4-24(48)40-13-25-45-27(31(65-25)19-7-5-18(12-37)6-8-19)35(50)61-30-22(60-34(29(30)49)47-17-43-28-32(39)41-16-42-33(28)47)15-58-64(55,56)62-20-11-26(46-10-9-23(38)44-36(46)51)59-21(20)14-57-63(52,53)54/h2,5-10,16-17,20-22,26,29-30,34,49H,1,3-4,11,13-15H2,(H,40,48)(H,55,56)(H2,38,44,51)(H2,39,41,42)(H2,52,53,54)/t20?,21-,22-,26-,29+,30?,34-/m1/s1. The Bertz CT molecular complexity index is 2780. The number of fused-ring (bicyclic) bond motifs is 1. The molecule has 2 aliphatic rings. The molecule has 344 valence electrons. The first-order valence-electron chi connectivity index (χ1n) is 19.1. The number of carbonyl (C=O) groups is 2. The molecule has 9 N–H and O–H groups in total. The van der Waals surface area contributed by atoms with Crippen molar-refractivity contribution in [3.05, 3.63) is 88.6 Å². The van der Waals surface area contributed by atoms with Crippen molar-refractivity contribution in [1.29, 1.82) is 5.26 Å². The van der Waals surface area contributed by atoms with Crippen molar-refractivity contribution in [1.82, 2.24) is 39.4 Å². The maximum Gasteiger partial charge on any atom is 0.472 e. The number of phosphoric ester groups is 2. The Morgan fingerprint density at radius 3 is 2.51 bits per heavy atom. The number of nitrogen functional groups attached to an aromatic ring is 2. The van der Waals surface area contributed by atoms with Crippen molar-refractivity contribution in [3.63, 3.8) is 0 Å². The molecule has 29 heteroatoms. The van der Waals surface area contributed by atoms with Gasteiger partial charge in [0.05, 0.1) is 42.6 Å². The molecular weight excluding hydrogens is 920 g/mol. The fourth-order valence-corrected chi connectivity index (χ4v) is 9.05. The largest absolute Gasteiger partial charge is 0.472 e. The van der Waals surface area contributed by atoms with E-state index >= 15 is 0 Å². The van der Waals surface area contributed by atoms with Crippen LogP contribution in [-0.4, -0.2) is 109 Å². The van der Waals surface area contributed by atoms with E-state index in [0.717, 1.165) is 22.2 Å². The highest BCUT2D eigenvalue weighted by Gasteiger charge is 2.50. The fraction of sp³-hybridized carbons (Fsp3) is 0.361. The van der Waals surface area contributed by atoms with Crippen molar-refractivity contribution in [2.24, 2.45) is 0 Å². The molecule has 0 aliphatic carbocycles. The van der Waals surface area contributed by atoms with Crippen molar-refractivity contribution in [2.75, 3.05) is 24.7 Å². The lowest BCUT2D eigenvalue weighted by Crippen LogP contribution is -2.38. The zero-order chi connectivity index (χ0) is 46.6. The number of hydrogen-bond acceptors (Lipinski definition) is 21. The SMILES string of the molecule is C=CCCC(=O)NCc1nc(C(=O)OC2[C@@H](COP(=O)(O)OC3C[C@H](n4ccc(N)nc4=O)O[C@@H]3COP(=O)(O)O)O[C@@H](n3cnc4c(N)ncnc43)[C@H]2O)c(-c2ccc(C#N)cc2)s1. The van der Waals surface area contributed by atoms with Gasteiger partial charge in [0.2, 0.25) is 5.91 Å². The highest BCUT2D eigenvalue weighted by atomic mass is 32.1. The molecule has 2 saturated heterocycles. The van der Waals surface area contributed by atoms with E-state index in [-0.39, 0.29) is 58.7 Å². The first-order chi connectivity index (χ1) is 30.9. The van der Waals surface area contributed by atoms with Crippen LogP contribution >= 0.6 is 27.0 Å². The van der Waals surface area contributed by atoms with Gasteiger partial charge >= 0.3 is 27.3 Å². The van der Waals surface area contributed by atoms with Crippen LogP contribution in [0.15, 0.2) is 66.6 Å². The lowest BCUT2D eigenvalue weighted by molar-refractivity contribution is -0.121. The predicted octanol–water partition coefficient (Wildman–Crippen LogP) is 1.21. The second-order valence-electron chi connectivity index (χ2n) is 14.2. The summed E-state index contributed by atoms with van der Waals surface area (Å²) in [5.41, 5.74) is 11.5. The lowest BCUT2D eigenvalue weighted by atomic mass is 10.1. The topological polar surface area (TPSA) is 384 Å². The highest BCUT2D eigenvalue weighted by Crippen LogP contribution is 2.50. The summed E-state index contributed by atoms with van der Waals surface area (Å²) in [7, 11) is -10.3. The summed E-state index contributed by atoms with van der Waals surface area (Å²) in [5.74, 6) is -1.51. The molecule has 26 nitrogen and oxygen atoms in total. The molecule has 5 aromatic rings. The van der Waals surface area contributed by atoms with Crippen LogP contribution in [0.2, 0.25) is 0 Å². The number of allylic oxidation sites excluding steroid dienone is 1. The molecule has 2 aliphatic heterocycles. The quantitative estimate of drug-likeness (QED) is 0.0368. The second kappa shape index (κ2) is 19.7. The minimum Gasteiger partial charge on any atom is -0.452 e. The number of nitriles is 1. The van der Waals surface area contributed by atoms with Crippen LogP contribution < -0.4 is 22.5 Å². The van der Waals surface area contributed by atoms with Gasteiger partial charge in [-0.25, -0.2) is 38.7 Å². The van der Waals surface area contributed by atoms with Gasteiger partial charge in [-0.05, 0) is 30.2 Å². The van der Waals surface area contributed by atoms with Gasteiger partial charge in [-0.15, -0.1) is 17.9 Å². The Labute approximate surface area is 370 Å². The van der Waals surface area contributed by atoms with Crippen molar-refractivity contribution >= 4 is 61.7 Å². The Morgan fingerprint density at radius 2 is 1.80 bits per heavy atom. The zero-order valence-corrected chi connectivity index (χ0v) is 36.1. The molecule has 0 radical (unpaired) electrons. The lowest BCUT2D eigenvalue weighted by Gasteiger charge is -2.23. The summed E-state index contributed by atoms with van der Waals surface area (Å²) < 4.78 is 60.5. The molecular formula is C36H39N11O15P2S. The molecule has 4 aromatic heterocycles. The number of nitrogens with zero attached hydrogens (tertiary/aromatic N) is 8. The summed E-state index contributed by atoms with van der Waals surface area (Å²) in [4.78, 5) is 89.5. The van der Waals surface area contributed by atoms with Crippen LogP contribution in [0.1, 0.15) is 52.8 Å². The van der Waals surface area contributed by atoms with E-state index in [4.69, 9.17) is 34.7 Å². The fourth-order valence-electron chi connectivity index (χ4n) is 6.75. The number of carbonyl (C=O) groups excluding carboxylic acids is 2. The van der Waals surface area contributed by atoms with Gasteiger partial charge in [0, 0.05) is 19.0 Å². The first kappa shape index (κ1) is 47.1. The highest BCUT2D eigenvalue weighted by molar-refractivity contribution is 7.47. The van der Waals surface area contributed by atoms with Crippen LogP contribution in [0.4, 0.5) is 11.6 Å². The molecule has 7 rings (SSSR count). The summed E-state index contributed by atoms with van der Waals surface area (Å²) in [5, 5.41) is 24.2. The summed E-state index contributed by atoms with van der Waals surface area (Å²) in [6.45, 7) is 1.77. The third-order valence-corrected chi connectivity index (χ3v) is 12.4. The molecule has 1 aromatic carbocycles. The molecule has 1 amide bonds. The van der Waals surface area contributed by atoms with E-state index in [2.05, 4.69) is 41.3 Å². The molecule has 2 fully saturated rings. The molecule has 6 heterocycles. The van der Waals surface area contributed by atoms with E-state index < -0.39 is 83.5 Å². The minimum atomic E-state index is -5.26. The number of aliphatic hydroxyl groups excluding tert-OH is 1. The average molecular weight is 960 g/mol. The van der Waals surface area contributed by atoms with E-state index in [9.17, 15) is 48.6 Å². The van der Waals surface area contributed by atoms with Gasteiger partial charge in [0.1, 0.15) is 53.3 Å². The van der Waals surface area contributed by atoms with Crippen molar-refractivity contribution in [2.45, 2.75) is 68.8 Å². The number of phosphoric acid groups is 2. The van der Waals surface area contributed by atoms with Gasteiger partial charge in [0.15, 0.2) is 29.5 Å². The number of anilines is 2. The molecule has 0 spiro atoms. The van der Waals surface area contributed by atoms with E-state index in [0.29, 0.717) is 22.6 Å². The molecule has 0 saturated carbocycles. The van der Waals surface area contributed by atoms with Gasteiger partial charge in [-0.2, -0.15) is 10.2 Å².